The molecule has 4 aliphatic rings. The number of nitrogens with zero attached hydrogens (tertiary/aromatic N) is 2. The molecule has 0 aliphatic carbocycles. The highest BCUT2D eigenvalue weighted by atomic mass is 35.5. The Labute approximate surface area is 198 Å². The molecule has 33 heavy (non-hydrogen) atoms. The van der Waals surface area contributed by atoms with Gasteiger partial charge in [0.2, 0.25) is 0 Å². The maximum Gasteiger partial charge on any atom is 0.268 e. The average molecular weight is 470 g/mol. The molecule has 3 saturated heterocycles. The van der Waals surface area contributed by atoms with Crippen molar-refractivity contribution in [3.05, 3.63) is 52.5 Å². The van der Waals surface area contributed by atoms with Crippen molar-refractivity contribution in [1.82, 2.24) is 10.2 Å². The fourth-order valence-electron chi connectivity index (χ4n) is 5.09. The molecule has 4 heterocycles. The SMILES string of the molecule is COc1ccc(CN2C(=O)C(C)Oc3c(C(=O)NC4CN5CCC4CC5)cc(Cl)cc32)cc1. The van der Waals surface area contributed by atoms with Crippen LogP contribution in [0, 0.1) is 5.92 Å². The second-order valence-corrected chi connectivity index (χ2v) is 9.49. The van der Waals surface area contributed by atoms with Gasteiger partial charge < -0.3 is 24.6 Å². The van der Waals surface area contributed by atoms with Crippen LogP contribution in [0.3, 0.4) is 0 Å². The van der Waals surface area contributed by atoms with Gasteiger partial charge in [0.25, 0.3) is 11.8 Å². The van der Waals surface area contributed by atoms with Crippen LogP contribution in [0.2, 0.25) is 5.02 Å². The van der Waals surface area contributed by atoms with Gasteiger partial charge >= 0.3 is 0 Å². The van der Waals surface area contributed by atoms with E-state index in [0.29, 0.717) is 34.5 Å². The molecular formula is C25H28ClN3O4. The highest BCUT2D eigenvalue weighted by Gasteiger charge is 2.38. The van der Waals surface area contributed by atoms with Crippen molar-refractivity contribution in [2.75, 3.05) is 31.6 Å². The lowest BCUT2D eigenvalue weighted by molar-refractivity contribution is -0.125. The number of piperidine rings is 3. The van der Waals surface area contributed by atoms with Crippen molar-refractivity contribution < 1.29 is 19.1 Å². The second kappa shape index (κ2) is 8.88. The Balaban J connectivity index is 1.44. The van der Waals surface area contributed by atoms with Gasteiger partial charge in [0.05, 0.1) is 24.9 Å². The molecule has 0 saturated carbocycles. The topological polar surface area (TPSA) is 71.1 Å². The third-order valence-corrected chi connectivity index (χ3v) is 7.17. The summed E-state index contributed by atoms with van der Waals surface area (Å²) in [6, 6.07) is 11.0. The highest BCUT2D eigenvalue weighted by Crippen LogP contribution is 2.41. The molecule has 2 bridgehead atoms. The number of fused-ring (bicyclic) bond motifs is 4. The zero-order valence-electron chi connectivity index (χ0n) is 18.8. The van der Waals surface area contributed by atoms with Gasteiger partial charge in [0, 0.05) is 17.6 Å². The Morgan fingerprint density at radius 2 is 1.94 bits per heavy atom. The van der Waals surface area contributed by atoms with E-state index in [2.05, 4.69) is 10.2 Å². The normalized spacial score (nSPS) is 25.9. The van der Waals surface area contributed by atoms with Crippen LogP contribution in [-0.4, -0.2) is 55.6 Å². The van der Waals surface area contributed by atoms with E-state index in [0.717, 1.165) is 43.8 Å². The lowest BCUT2D eigenvalue weighted by atomic mass is 9.84. The molecule has 2 amide bonds. The Kier molecular flexibility index (Phi) is 5.93. The van der Waals surface area contributed by atoms with E-state index in [4.69, 9.17) is 21.1 Å². The summed E-state index contributed by atoms with van der Waals surface area (Å²) in [5.41, 5.74) is 1.82. The standard InChI is InChI=1S/C25H28ClN3O4/c1-15-25(31)29(13-16-3-5-19(32-2)6-4-16)22-12-18(26)11-20(23(22)33-15)24(30)27-21-14-28-9-7-17(21)8-10-28/h3-6,11-12,15,17,21H,7-10,13-14H2,1-2H3,(H,27,30). The first-order chi connectivity index (χ1) is 15.9. The minimum atomic E-state index is -0.708. The minimum absolute atomic E-state index is 0.118. The number of rotatable bonds is 5. The Morgan fingerprint density at radius 1 is 1.21 bits per heavy atom. The number of amides is 2. The Bertz CT molecular complexity index is 1070. The van der Waals surface area contributed by atoms with Gasteiger partial charge in [-0.05, 0) is 68.6 Å². The monoisotopic (exact) mass is 469 g/mol. The number of methoxy groups -OCH3 is 1. The Morgan fingerprint density at radius 3 is 2.58 bits per heavy atom. The first-order valence-corrected chi connectivity index (χ1v) is 11.8. The molecule has 6 rings (SSSR count). The van der Waals surface area contributed by atoms with Crippen LogP contribution in [-0.2, 0) is 11.3 Å². The summed E-state index contributed by atoms with van der Waals surface area (Å²) in [5, 5.41) is 3.60. The van der Waals surface area contributed by atoms with Gasteiger partial charge in [-0.15, -0.1) is 0 Å². The van der Waals surface area contributed by atoms with Crippen molar-refractivity contribution in [1.29, 1.82) is 0 Å². The lowest BCUT2D eigenvalue weighted by Crippen LogP contribution is -2.57. The third kappa shape index (κ3) is 4.27. The van der Waals surface area contributed by atoms with Crippen molar-refractivity contribution >= 4 is 29.1 Å². The zero-order chi connectivity index (χ0) is 23.1. The predicted molar refractivity (Wildman–Crippen MR) is 126 cm³/mol. The molecule has 0 spiro atoms. The van der Waals surface area contributed by atoms with Crippen LogP contribution in [0.1, 0.15) is 35.7 Å². The van der Waals surface area contributed by atoms with Crippen molar-refractivity contribution in [2.45, 2.75) is 38.5 Å². The van der Waals surface area contributed by atoms with E-state index in [9.17, 15) is 9.59 Å². The van der Waals surface area contributed by atoms with E-state index in [1.165, 1.54) is 0 Å². The summed E-state index contributed by atoms with van der Waals surface area (Å²) in [5.74, 6) is 1.26. The number of nitrogens with one attached hydrogen (secondary N) is 1. The van der Waals surface area contributed by atoms with Crippen LogP contribution in [0.5, 0.6) is 11.5 Å². The van der Waals surface area contributed by atoms with Crippen molar-refractivity contribution in [3.8, 4) is 11.5 Å². The van der Waals surface area contributed by atoms with E-state index >= 15 is 0 Å². The van der Waals surface area contributed by atoms with Gasteiger partial charge in [-0.3, -0.25) is 9.59 Å². The van der Waals surface area contributed by atoms with E-state index < -0.39 is 6.10 Å². The largest absolute Gasteiger partial charge is 0.497 e. The number of anilines is 1. The fourth-order valence-corrected chi connectivity index (χ4v) is 5.30. The molecule has 174 valence electrons. The molecular weight excluding hydrogens is 442 g/mol. The zero-order valence-corrected chi connectivity index (χ0v) is 19.6. The summed E-state index contributed by atoms with van der Waals surface area (Å²) < 4.78 is 11.2. The summed E-state index contributed by atoms with van der Waals surface area (Å²) in [4.78, 5) is 30.4. The van der Waals surface area contributed by atoms with Crippen molar-refractivity contribution in [2.24, 2.45) is 5.92 Å². The molecule has 2 unspecified atom stereocenters. The smallest absolute Gasteiger partial charge is 0.268 e. The fraction of sp³-hybridized carbons (Fsp3) is 0.440. The summed E-state index contributed by atoms with van der Waals surface area (Å²) >= 11 is 6.43. The summed E-state index contributed by atoms with van der Waals surface area (Å²) in [6.45, 7) is 5.12. The van der Waals surface area contributed by atoms with E-state index in [-0.39, 0.29) is 17.9 Å². The number of carbonyl (C=O) groups excluding carboxylic acids is 2. The number of hydrogen-bond donors (Lipinski definition) is 1. The molecule has 1 N–H and O–H groups in total. The number of halogens is 1. The van der Waals surface area contributed by atoms with Gasteiger partial charge in [-0.25, -0.2) is 0 Å². The van der Waals surface area contributed by atoms with Gasteiger partial charge in [0.1, 0.15) is 5.75 Å². The number of carbonyl (C=O) groups is 2. The molecule has 2 atom stereocenters. The van der Waals surface area contributed by atoms with Crippen LogP contribution >= 0.6 is 11.6 Å². The maximum atomic E-state index is 13.4. The molecule has 2 aromatic rings. The first kappa shape index (κ1) is 22.0. The molecule has 8 heteroatoms. The highest BCUT2D eigenvalue weighted by molar-refractivity contribution is 6.31. The number of benzene rings is 2. The molecule has 0 radical (unpaired) electrons. The average Bonchev–Trinajstić information content (AvgIpc) is 2.83. The molecule has 2 aromatic carbocycles. The van der Waals surface area contributed by atoms with Crippen molar-refractivity contribution in [3.63, 3.8) is 0 Å². The summed E-state index contributed by atoms with van der Waals surface area (Å²) in [7, 11) is 1.61. The van der Waals surface area contributed by atoms with Gasteiger partial charge in [-0.1, -0.05) is 23.7 Å². The van der Waals surface area contributed by atoms with Gasteiger partial charge in [-0.2, -0.15) is 0 Å². The van der Waals surface area contributed by atoms with E-state index in [1.807, 2.05) is 24.3 Å². The van der Waals surface area contributed by atoms with Gasteiger partial charge in [0.15, 0.2) is 11.9 Å². The lowest BCUT2D eigenvalue weighted by Gasteiger charge is -2.45. The molecule has 3 fully saturated rings. The van der Waals surface area contributed by atoms with Crippen LogP contribution in [0.4, 0.5) is 5.69 Å². The molecule has 0 aromatic heterocycles. The van der Waals surface area contributed by atoms with Crippen LogP contribution in [0.15, 0.2) is 36.4 Å². The van der Waals surface area contributed by atoms with Crippen LogP contribution in [0.25, 0.3) is 0 Å². The first-order valence-electron chi connectivity index (χ1n) is 11.4. The Hall–Kier alpha value is -2.77. The summed E-state index contributed by atoms with van der Waals surface area (Å²) in [6.07, 6.45) is 1.51. The van der Waals surface area contributed by atoms with E-state index in [1.54, 1.807) is 31.1 Å². The quantitative estimate of drug-likeness (QED) is 0.725. The second-order valence-electron chi connectivity index (χ2n) is 9.05. The molecule has 7 nitrogen and oxygen atoms in total. The maximum absolute atomic E-state index is 13.4. The minimum Gasteiger partial charge on any atom is -0.497 e. The molecule has 4 aliphatic heterocycles. The number of ether oxygens (including phenoxy) is 2. The third-order valence-electron chi connectivity index (χ3n) is 6.95. The predicted octanol–water partition coefficient (Wildman–Crippen LogP) is 3.49. The van der Waals surface area contributed by atoms with Crippen LogP contribution < -0.4 is 19.7 Å². The number of hydrogen-bond acceptors (Lipinski definition) is 5.